The van der Waals surface area contributed by atoms with Gasteiger partial charge in [0, 0.05) is 0 Å². The van der Waals surface area contributed by atoms with Crippen molar-refractivity contribution in [3.8, 4) is 0 Å². The molecule has 0 fully saturated rings. The second-order valence-corrected chi connectivity index (χ2v) is 5.04. The van der Waals surface area contributed by atoms with Crippen molar-refractivity contribution >= 4 is 0 Å². The van der Waals surface area contributed by atoms with E-state index in [2.05, 4.69) is 39.0 Å². The van der Waals surface area contributed by atoms with Gasteiger partial charge in [0.05, 0.1) is 0 Å². The van der Waals surface area contributed by atoms with Gasteiger partial charge in [-0.2, -0.15) is 0 Å². The molecule has 96 valence electrons. The van der Waals surface area contributed by atoms with Crippen molar-refractivity contribution in [3.63, 3.8) is 0 Å². The quantitative estimate of drug-likeness (QED) is 0.795. The normalized spacial score (nSPS) is 13.1. The molecule has 17 heavy (non-hydrogen) atoms. The molecule has 0 saturated carbocycles. The molecule has 1 aromatic carbocycles. The molecule has 0 spiro atoms. The fraction of sp³-hybridized carbons (Fsp3) is 0.600. The third-order valence-electron chi connectivity index (χ3n) is 3.64. The zero-order valence-electron chi connectivity index (χ0n) is 11.4. The smallest absolute Gasteiger partial charge is 0.00366 e. The first-order valence-electron chi connectivity index (χ1n) is 6.59. The number of aryl methyl sites for hydroxylation is 2. The van der Waals surface area contributed by atoms with E-state index < -0.39 is 0 Å². The molecular formula is C15H26N2. The second kappa shape index (κ2) is 6.77. The van der Waals surface area contributed by atoms with Gasteiger partial charge in [-0.05, 0) is 62.7 Å². The molecule has 0 amide bonds. The number of hydrogen-bond donors (Lipinski definition) is 2. The Morgan fingerprint density at radius 3 is 2.24 bits per heavy atom. The van der Waals surface area contributed by atoms with Crippen molar-refractivity contribution in [1.29, 1.82) is 0 Å². The summed E-state index contributed by atoms with van der Waals surface area (Å²) in [5.41, 5.74) is 15.7. The van der Waals surface area contributed by atoms with Crippen LogP contribution in [0.2, 0.25) is 0 Å². The molecule has 1 unspecified atom stereocenters. The van der Waals surface area contributed by atoms with Crippen molar-refractivity contribution in [2.45, 2.75) is 39.5 Å². The standard InChI is InChI=1S/C15H26N2/c1-4-14(8-13(9-16)10-17)15-6-5-11(2)7-12(15)3/h5-7,13-14H,4,8-10,16-17H2,1-3H3. The Morgan fingerprint density at radius 2 is 1.76 bits per heavy atom. The van der Waals surface area contributed by atoms with Crippen LogP contribution in [0.25, 0.3) is 0 Å². The highest BCUT2D eigenvalue weighted by Crippen LogP contribution is 2.29. The highest BCUT2D eigenvalue weighted by atomic mass is 14.6. The number of rotatable bonds is 6. The van der Waals surface area contributed by atoms with Crippen LogP contribution in [0.1, 0.15) is 42.4 Å². The van der Waals surface area contributed by atoms with Gasteiger partial charge in [0.1, 0.15) is 0 Å². The maximum absolute atomic E-state index is 5.75. The van der Waals surface area contributed by atoms with E-state index in [1.54, 1.807) is 0 Å². The summed E-state index contributed by atoms with van der Waals surface area (Å²) in [5.74, 6) is 1.04. The van der Waals surface area contributed by atoms with Gasteiger partial charge < -0.3 is 11.5 Å². The molecule has 1 atom stereocenters. The Kier molecular flexibility index (Phi) is 5.66. The molecule has 0 aliphatic carbocycles. The highest BCUT2D eigenvalue weighted by Gasteiger charge is 2.16. The van der Waals surface area contributed by atoms with Crippen LogP contribution in [-0.4, -0.2) is 13.1 Å². The van der Waals surface area contributed by atoms with Crippen LogP contribution in [0.4, 0.5) is 0 Å². The van der Waals surface area contributed by atoms with Gasteiger partial charge in [0.2, 0.25) is 0 Å². The van der Waals surface area contributed by atoms with Crippen LogP contribution < -0.4 is 11.5 Å². The average Bonchev–Trinajstić information content (AvgIpc) is 2.32. The molecule has 0 heterocycles. The van der Waals surface area contributed by atoms with Gasteiger partial charge in [0.25, 0.3) is 0 Å². The Balaban J connectivity index is 2.85. The third kappa shape index (κ3) is 3.83. The number of benzene rings is 1. The van der Waals surface area contributed by atoms with Crippen molar-refractivity contribution < 1.29 is 0 Å². The maximum Gasteiger partial charge on any atom is -0.00366 e. The number of hydrogen-bond acceptors (Lipinski definition) is 2. The van der Waals surface area contributed by atoms with E-state index in [0.717, 1.165) is 12.8 Å². The highest BCUT2D eigenvalue weighted by molar-refractivity contribution is 5.33. The lowest BCUT2D eigenvalue weighted by Crippen LogP contribution is -2.25. The largest absolute Gasteiger partial charge is 0.330 e. The van der Waals surface area contributed by atoms with Crippen molar-refractivity contribution in [2.75, 3.05) is 13.1 Å². The molecular weight excluding hydrogens is 208 g/mol. The van der Waals surface area contributed by atoms with Crippen LogP contribution >= 0.6 is 0 Å². The molecule has 1 rings (SSSR count). The lowest BCUT2D eigenvalue weighted by Gasteiger charge is -2.22. The van der Waals surface area contributed by atoms with E-state index in [9.17, 15) is 0 Å². The second-order valence-electron chi connectivity index (χ2n) is 5.04. The minimum Gasteiger partial charge on any atom is -0.330 e. The molecule has 0 aliphatic heterocycles. The Hall–Kier alpha value is -0.860. The van der Waals surface area contributed by atoms with Gasteiger partial charge in [-0.15, -0.1) is 0 Å². The monoisotopic (exact) mass is 234 g/mol. The van der Waals surface area contributed by atoms with E-state index in [-0.39, 0.29) is 0 Å². The Labute approximate surface area is 105 Å². The van der Waals surface area contributed by atoms with Gasteiger partial charge in [-0.3, -0.25) is 0 Å². The fourth-order valence-corrected chi connectivity index (χ4v) is 2.49. The summed E-state index contributed by atoms with van der Waals surface area (Å²) >= 11 is 0. The van der Waals surface area contributed by atoms with Crippen LogP contribution in [0.15, 0.2) is 18.2 Å². The van der Waals surface area contributed by atoms with Crippen LogP contribution in [0, 0.1) is 19.8 Å². The summed E-state index contributed by atoms with van der Waals surface area (Å²) in [4.78, 5) is 0. The van der Waals surface area contributed by atoms with Crippen LogP contribution in [0.3, 0.4) is 0 Å². The fourth-order valence-electron chi connectivity index (χ4n) is 2.49. The summed E-state index contributed by atoms with van der Waals surface area (Å²) in [7, 11) is 0. The molecule has 2 nitrogen and oxygen atoms in total. The molecule has 0 bridgehead atoms. The van der Waals surface area contributed by atoms with E-state index in [4.69, 9.17) is 11.5 Å². The van der Waals surface area contributed by atoms with Crippen molar-refractivity contribution in [2.24, 2.45) is 17.4 Å². The molecule has 4 N–H and O–H groups in total. The van der Waals surface area contributed by atoms with Crippen molar-refractivity contribution in [1.82, 2.24) is 0 Å². The lowest BCUT2D eigenvalue weighted by molar-refractivity contribution is 0.441. The van der Waals surface area contributed by atoms with Crippen LogP contribution in [-0.2, 0) is 0 Å². The first-order chi connectivity index (χ1) is 8.12. The molecule has 0 saturated heterocycles. The maximum atomic E-state index is 5.75. The SMILES string of the molecule is CCC(CC(CN)CN)c1ccc(C)cc1C. The number of nitrogens with two attached hydrogens (primary N) is 2. The van der Waals surface area contributed by atoms with Gasteiger partial charge in [-0.1, -0.05) is 30.7 Å². The van der Waals surface area contributed by atoms with E-state index >= 15 is 0 Å². The van der Waals surface area contributed by atoms with Gasteiger partial charge in [0.15, 0.2) is 0 Å². The third-order valence-corrected chi connectivity index (χ3v) is 3.64. The molecule has 0 aromatic heterocycles. The minimum atomic E-state index is 0.445. The van der Waals surface area contributed by atoms with E-state index in [1.807, 2.05) is 0 Å². The zero-order chi connectivity index (χ0) is 12.8. The summed E-state index contributed by atoms with van der Waals surface area (Å²) in [6.07, 6.45) is 2.26. The Morgan fingerprint density at radius 1 is 1.12 bits per heavy atom. The topological polar surface area (TPSA) is 52.0 Å². The summed E-state index contributed by atoms with van der Waals surface area (Å²) in [5, 5.41) is 0. The molecule has 2 heteroatoms. The zero-order valence-corrected chi connectivity index (χ0v) is 11.4. The Bertz CT molecular complexity index is 343. The average molecular weight is 234 g/mol. The van der Waals surface area contributed by atoms with E-state index in [0.29, 0.717) is 24.9 Å². The van der Waals surface area contributed by atoms with Crippen LogP contribution in [0.5, 0.6) is 0 Å². The van der Waals surface area contributed by atoms with E-state index in [1.165, 1.54) is 16.7 Å². The van der Waals surface area contributed by atoms with Crippen molar-refractivity contribution in [3.05, 3.63) is 34.9 Å². The summed E-state index contributed by atoms with van der Waals surface area (Å²) in [6.45, 7) is 7.97. The van der Waals surface area contributed by atoms with Gasteiger partial charge >= 0.3 is 0 Å². The summed E-state index contributed by atoms with van der Waals surface area (Å²) < 4.78 is 0. The molecule has 1 aromatic rings. The molecule has 0 radical (unpaired) electrons. The predicted molar refractivity (Wildman–Crippen MR) is 75.2 cm³/mol. The first-order valence-corrected chi connectivity index (χ1v) is 6.59. The predicted octanol–water partition coefficient (Wildman–Crippen LogP) is 2.72. The minimum absolute atomic E-state index is 0.445. The summed E-state index contributed by atoms with van der Waals surface area (Å²) in [6, 6.07) is 6.73. The van der Waals surface area contributed by atoms with Gasteiger partial charge in [-0.25, -0.2) is 0 Å². The lowest BCUT2D eigenvalue weighted by atomic mass is 9.84. The molecule has 0 aliphatic rings. The first kappa shape index (κ1) is 14.2.